The molecule has 4 nitrogen and oxygen atoms in total. The van der Waals surface area contributed by atoms with Gasteiger partial charge < -0.3 is 9.73 Å². The van der Waals surface area contributed by atoms with Gasteiger partial charge in [0.25, 0.3) is 0 Å². The van der Waals surface area contributed by atoms with Gasteiger partial charge in [-0.05, 0) is 45.2 Å². The van der Waals surface area contributed by atoms with Crippen molar-refractivity contribution < 1.29 is 9.21 Å². The van der Waals surface area contributed by atoms with Gasteiger partial charge in [0.05, 0.1) is 12.1 Å². The second-order valence-electron chi connectivity index (χ2n) is 5.53. The fourth-order valence-corrected chi connectivity index (χ4v) is 1.86. The zero-order valence-electron chi connectivity index (χ0n) is 12.6. The molecule has 19 heavy (non-hydrogen) atoms. The molecule has 1 heterocycles. The van der Waals surface area contributed by atoms with Crippen molar-refractivity contribution in [2.45, 2.75) is 53.1 Å². The van der Waals surface area contributed by atoms with Gasteiger partial charge in [-0.2, -0.15) is 0 Å². The van der Waals surface area contributed by atoms with Crippen LogP contribution < -0.4 is 10.6 Å². The van der Waals surface area contributed by atoms with E-state index in [9.17, 15) is 4.79 Å². The molecule has 0 radical (unpaired) electrons. The number of nitrogens with one attached hydrogen (secondary N) is 2. The van der Waals surface area contributed by atoms with E-state index in [-0.39, 0.29) is 18.0 Å². The second kappa shape index (κ2) is 7.34. The minimum Gasteiger partial charge on any atom is -0.465 e. The average molecular weight is 266 g/mol. The van der Waals surface area contributed by atoms with Gasteiger partial charge in [0, 0.05) is 6.54 Å². The summed E-state index contributed by atoms with van der Waals surface area (Å²) in [6.07, 6.45) is 1.01. The normalized spacial score (nSPS) is 14.4. The van der Waals surface area contributed by atoms with Crippen molar-refractivity contribution in [1.82, 2.24) is 10.6 Å². The fraction of sp³-hybridized carbons (Fsp3) is 0.667. The van der Waals surface area contributed by atoms with Crippen molar-refractivity contribution in [2.24, 2.45) is 5.92 Å². The SMILES string of the molecule is Cc1ccc(C(C)NC(C)C(=O)NCCC(C)C)o1. The molecule has 0 aliphatic rings. The number of rotatable bonds is 7. The highest BCUT2D eigenvalue weighted by atomic mass is 16.3. The lowest BCUT2D eigenvalue weighted by atomic mass is 10.1. The monoisotopic (exact) mass is 266 g/mol. The summed E-state index contributed by atoms with van der Waals surface area (Å²) in [4.78, 5) is 11.9. The Labute approximate surface area is 116 Å². The van der Waals surface area contributed by atoms with Crippen LogP contribution in [0.4, 0.5) is 0 Å². The summed E-state index contributed by atoms with van der Waals surface area (Å²) in [5.74, 6) is 2.39. The lowest BCUT2D eigenvalue weighted by molar-refractivity contribution is -0.123. The molecule has 0 saturated carbocycles. The van der Waals surface area contributed by atoms with Gasteiger partial charge in [-0.25, -0.2) is 0 Å². The summed E-state index contributed by atoms with van der Waals surface area (Å²) in [6, 6.07) is 3.67. The van der Waals surface area contributed by atoms with Gasteiger partial charge in [-0.3, -0.25) is 10.1 Å². The van der Waals surface area contributed by atoms with E-state index in [0.717, 1.165) is 24.5 Å². The molecule has 4 heteroatoms. The molecule has 0 aromatic carbocycles. The van der Waals surface area contributed by atoms with Crippen molar-refractivity contribution >= 4 is 5.91 Å². The third kappa shape index (κ3) is 5.47. The van der Waals surface area contributed by atoms with Crippen LogP contribution in [0.2, 0.25) is 0 Å². The summed E-state index contributed by atoms with van der Waals surface area (Å²) in [7, 11) is 0. The Morgan fingerprint density at radius 3 is 2.47 bits per heavy atom. The van der Waals surface area contributed by atoms with Crippen LogP contribution in [0.25, 0.3) is 0 Å². The highest BCUT2D eigenvalue weighted by Crippen LogP contribution is 2.15. The van der Waals surface area contributed by atoms with Gasteiger partial charge in [-0.1, -0.05) is 13.8 Å². The van der Waals surface area contributed by atoms with E-state index in [2.05, 4.69) is 24.5 Å². The Kier molecular flexibility index (Phi) is 6.09. The summed E-state index contributed by atoms with van der Waals surface area (Å²) in [5.41, 5.74) is 0. The van der Waals surface area contributed by atoms with Crippen LogP contribution in [-0.4, -0.2) is 18.5 Å². The summed E-state index contributed by atoms with van der Waals surface area (Å²) in [6.45, 7) is 10.8. The number of hydrogen-bond donors (Lipinski definition) is 2. The van der Waals surface area contributed by atoms with Crippen molar-refractivity contribution in [3.8, 4) is 0 Å². The Hall–Kier alpha value is -1.29. The highest BCUT2D eigenvalue weighted by Gasteiger charge is 2.17. The third-order valence-electron chi connectivity index (χ3n) is 3.10. The number of carbonyl (C=O) groups is 1. The molecular formula is C15H26N2O2. The van der Waals surface area contributed by atoms with Crippen LogP contribution in [0.3, 0.4) is 0 Å². The predicted octanol–water partition coefficient (Wildman–Crippen LogP) is 2.79. The maximum absolute atomic E-state index is 11.9. The minimum absolute atomic E-state index is 0.0274. The standard InChI is InChI=1S/C15H26N2O2/c1-10(2)8-9-16-15(18)13(5)17-12(4)14-7-6-11(3)19-14/h6-7,10,12-13,17H,8-9H2,1-5H3,(H,16,18). The van der Waals surface area contributed by atoms with Crippen LogP contribution >= 0.6 is 0 Å². The molecule has 108 valence electrons. The van der Waals surface area contributed by atoms with Crippen LogP contribution in [0.15, 0.2) is 16.5 Å². The Bertz CT molecular complexity index is 399. The quantitative estimate of drug-likeness (QED) is 0.798. The molecule has 0 spiro atoms. The summed E-state index contributed by atoms with van der Waals surface area (Å²) >= 11 is 0. The zero-order chi connectivity index (χ0) is 14.4. The van der Waals surface area contributed by atoms with Crippen LogP contribution in [-0.2, 0) is 4.79 Å². The van der Waals surface area contributed by atoms with Gasteiger partial charge in [0.1, 0.15) is 11.5 Å². The second-order valence-corrected chi connectivity index (χ2v) is 5.53. The number of hydrogen-bond acceptors (Lipinski definition) is 3. The van der Waals surface area contributed by atoms with Gasteiger partial charge in [0.15, 0.2) is 0 Å². The van der Waals surface area contributed by atoms with Gasteiger partial charge in [0.2, 0.25) is 5.91 Å². The number of aryl methyl sites for hydroxylation is 1. The Balaban J connectivity index is 2.37. The number of carbonyl (C=O) groups excluding carboxylic acids is 1. The maximum atomic E-state index is 11.9. The topological polar surface area (TPSA) is 54.3 Å². The molecular weight excluding hydrogens is 240 g/mol. The summed E-state index contributed by atoms with van der Waals surface area (Å²) < 4.78 is 5.54. The molecule has 1 aromatic rings. The van der Waals surface area contributed by atoms with E-state index in [1.54, 1.807) is 0 Å². The molecule has 2 N–H and O–H groups in total. The largest absolute Gasteiger partial charge is 0.465 e. The number of amides is 1. The lowest BCUT2D eigenvalue weighted by Crippen LogP contribution is -2.43. The van der Waals surface area contributed by atoms with E-state index in [1.807, 2.05) is 32.9 Å². The Morgan fingerprint density at radius 2 is 1.95 bits per heavy atom. The van der Waals surface area contributed by atoms with Crippen molar-refractivity contribution in [1.29, 1.82) is 0 Å². The smallest absolute Gasteiger partial charge is 0.236 e. The molecule has 1 amide bonds. The summed E-state index contributed by atoms with van der Waals surface area (Å²) in [5, 5.41) is 6.19. The maximum Gasteiger partial charge on any atom is 0.236 e. The first kappa shape index (κ1) is 15.8. The zero-order valence-corrected chi connectivity index (χ0v) is 12.6. The molecule has 0 fully saturated rings. The minimum atomic E-state index is -0.229. The molecule has 0 aliphatic heterocycles. The predicted molar refractivity (Wildman–Crippen MR) is 76.9 cm³/mol. The van der Waals surface area contributed by atoms with Crippen LogP contribution in [0.5, 0.6) is 0 Å². The molecule has 0 bridgehead atoms. The van der Waals surface area contributed by atoms with E-state index >= 15 is 0 Å². The fourth-order valence-electron chi connectivity index (χ4n) is 1.86. The van der Waals surface area contributed by atoms with Crippen molar-refractivity contribution in [3.63, 3.8) is 0 Å². The first-order chi connectivity index (χ1) is 8.90. The molecule has 1 aromatic heterocycles. The van der Waals surface area contributed by atoms with Gasteiger partial charge >= 0.3 is 0 Å². The molecule has 0 aliphatic carbocycles. The van der Waals surface area contributed by atoms with E-state index in [1.165, 1.54) is 0 Å². The number of furan rings is 1. The molecule has 0 saturated heterocycles. The molecule has 2 unspecified atom stereocenters. The Morgan fingerprint density at radius 1 is 1.26 bits per heavy atom. The average Bonchev–Trinajstić information content (AvgIpc) is 2.75. The van der Waals surface area contributed by atoms with E-state index in [0.29, 0.717) is 5.92 Å². The first-order valence-electron chi connectivity index (χ1n) is 7.00. The lowest BCUT2D eigenvalue weighted by Gasteiger charge is -2.18. The molecule has 1 rings (SSSR count). The van der Waals surface area contributed by atoms with Crippen LogP contribution in [0, 0.1) is 12.8 Å². The first-order valence-corrected chi connectivity index (χ1v) is 7.00. The van der Waals surface area contributed by atoms with E-state index in [4.69, 9.17) is 4.42 Å². The van der Waals surface area contributed by atoms with Gasteiger partial charge in [-0.15, -0.1) is 0 Å². The van der Waals surface area contributed by atoms with Crippen LogP contribution in [0.1, 0.15) is 51.7 Å². The highest BCUT2D eigenvalue weighted by molar-refractivity contribution is 5.81. The van der Waals surface area contributed by atoms with E-state index < -0.39 is 0 Å². The third-order valence-corrected chi connectivity index (χ3v) is 3.10. The molecule has 2 atom stereocenters. The van der Waals surface area contributed by atoms with Crippen molar-refractivity contribution in [3.05, 3.63) is 23.7 Å². The van der Waals surface area contributed by atoms with Crippen molar-refractivity contribution in [2.75, 3.05) is 6.54 Å².